The van der Waals surface area contributed by atoms with Gasteiger partial charge < -0.3 is 0 Å². The van der Waals surface area contributed by atoms with Crippen LogP contribution in [0.5, 0.6) is 0 Å². The zero-order chi connectivity index (χ0) is 15.3. The van der Waals surface area contributed by atoms with E-state index < -0.39 is 0 Å². The molecular formula is C20H18S2. The molecule has 0 radical (unpaired) electrons. The Morgan fingerprint density at radius 1 is 0.682 bits per heavy atom. The van der Waals surface area contributed by atoms with Gasteiger partial charge in [0.25, 0.3) is 0 Å². The topological polar surface area (TPSA) is 0 Å². The second-order valence-corrected chi connectivity index (χ2v) is 9.35. The Kier molecular flexibility index (Phi) is 2.23. The zero-order valence-corrected chi connectivity index (χ0v) is 14.9. The molecule has 5 rings (SSSR count). The summed E-state index contributed by atoms with van der Waals surface area (Å²) in [6, 6.07) is 9.59. The molecule has 2 aliphatic rings. The molecule has 0 saturated heterocycles. The number of thiophene rings is 2. The van der Waals surface area contributed by atoms with E-state index in [1.54, 1.807) is 0 Å². The SMILES string of the molecule is CC1(C)c2cc3c(cc2-c2sccc21)C(C)(C)c1sccc1-3. The summed E-state index contributed by atoms with van der Waals surface area (Å²) in [4.78, 5) is 3.00. The molecule has 0 spiro atoms. The highest BCUT2D eigenvalue weighted by Gasteiger charge is 2.42. The lowest BCUT2D eigenvalue weighted by Crippen LogP contribution is -2.16. The fourth-order valence-electron chi connectivity index (χ4n) is 4.33. The lowest BCUT2D eigenvalue weighted by Gasteiger charge is -2.23. The largest absolute Gasteiger partial charge is 0.147 e. The van der Waals surface area contributed by atoms with Crippen LogP contribution in [-0.4, -0.2) is 0 Å². The van der Waals surface area contributed by atoms with E-state index in [9.17, 15) is 0 Å². The molecule has 2 heterocycles. The third-order valence-corrected chi connectivity index (χ3v) is 7.80. The van der Waals surface area contributed by atoms with Gasteiger partial charge in [0.05, 0.1) is 0 Å². The van der Waals surface area contributed by atoms with Crippen molar-refractivity contribution in [3.05, 3.63) is 56.6 Å². The molecule has 1 aromatic carbocycles. The van der Waals surface area contributed by atoms with Gasteiger partial charge in [-0.2, -0.15) is 0 Å². The molecule has 110 valence electrons. The maximum Gasteiger partial charge on any atom is 0.0386 e. The van der Waals surface area contributed by atoms with E-state index in [4.69, 9.17) is 0 Å². The van der Waals surface area contributed by atoms with Crippen molar-refractivity contribution in [1.29, 1.82) is 0 Å². The third-order valence-electron chi connectivity index (χ3n) is 5.61. The molecular weight excluding hydrogens is 304 g/mol. The minimum atomic E-state index is 0.128. The Hall–Kier alpha value is -1.38. The highest BCUT2D eigenvalue weighted by Crippen LogP contribution is 2.57. The van der Waals surface area contributed by atoms with Crippen LogP contribution in [0, 0.1) is 0 Å². The summed E-state index contributed by atoms with van der Waals surface area (Å²) >= 11 is 3.79. The van der Waals surface area contributed by atoms with E-state index in [1.165, 1.54) is 43.1 Å². The van der Waals surface area contributed by atoms with Gasteiger partial charge in [-0.05, 0) is 68.4 Å². The van der Waals surface area contributed by atoms with Crippen molar-refractivity contribution in [2.75, 3.05) is 0 Å². The molecule has 0 unspecified atom stereocenters. The van der Waals surface area contributed by atoms with Gasteiger partial charge in [0, 0.05) is 20.6 Å². The lowest BCUT2D eigenvalue weighted by molar-refractivity contribution is 0.657. The van der Waals surface area contributed by atoms with E-state index in [1.807, 2.05) is 22.7 Å². The Balaban J connectivity index is 1.89. The van der Waals surface area contributed by atoms with Crippen molar-refractivity contribution in [3.8, 4) is 21.6 Å². The lowest BCUT2D eigenvalue weighted by atomic mass is 9.80. The Bertz CT molecular complexity index is 857. The van der Waals surface area contributed by atoms with E-state index in [-0.39, 0.29) is 10.8 Å². The van der Waals surface area contributed by atoms with Crippen LogP contribution in [0.1, 0.15) is 49.3 Å². The Morgan fingerprint density at radius 3 is 2.18 bits per heavy atom. The van der Waals surface area contributed by atoms with Crippen LogP contribution in [0.3, 0.4) is 0 Å². The minimum Gasteiger partial charge on any atom is -0.147 e. The maximum absolute atomic E-state index is 2.49. The second-order valence-electron chi connectivity index (χ2n) is 7.52. The molecule has 0 aliphatic heterocycles. The molecule has 2 heteroatoms. The monoisotopic (exact) mass is 322 g/mol. The van der Waals surface area contributed by atoms with Gasteiger partial charge in [0.15, 0.2) is 0 Å². The predicted molar refractivity (Wildman–Crippen MR) is 97.3 cm³/mol. The number of rotatable bonds is 0. The summed E-state index contributed by atoms with van der Waals surface area (Å²) in [5.74, 6) is 0. The molecule has 0 amide bonds. The first-order valence-electron chi connectivity index (χ1n) is 7.78. The summed E-state index contributed by atoms with van der Waals surface area (Å²) in [5.41, 5.74) is 9.16. The average molecular weight is 322 g/mol. The molecule has 2 aromatic heterocycles. The van der Waals surface area contributed by atoms with E-state index in [0.717, 1.165) is 0 Å². The predicted octanol–water partition coefficient (Wildman–Crippen LogP) is 6.42. The van der Waals surface area contributed by atoms with E-state index in [2.05, 4.69) is 62.7 Å². The summed E-state index contributed by atoms with van der Waals surface area (Å²) in [6.45, 7) is 9.47. The maximum atomic E-state index is 2.49. The minimum absolute atomic E-state index is 0.128. The second kappa shape index (κ2) is 3.74. The van der Waals surface area contributed by atoms with E-state index >= 15 is 0 Å². The molecule has 22 heavy (non-hydrogen) atoms. The van der Waals surface area contributed by atoms with Crippen LogP contribution < -0.4 is 0 Å². The van der Waals surface area contributed by atoms with Gasteiger partial charge in [0.2, 0.25) is 0 Å². The molecule has 0 fully saturated rings. The highest BCUT2D eigenvalue weighted by molar-refractivity contribution is 7.14. The molecule has 0 bridgehead atoms. The fourth-order valence-corrected chi connectivity index (χ4v) is 6.46. The van der Waals surface area contributed by atoms with Gasteiger partial charge in [0.1, 0.15) is 0 Å². The number of fused-ring (bicyclic) bond motifs is 6. The van der Waals surface area contributed by atoms with Gasteiger partial charge in [-0.15, -0.1) is 22.7 Å². The van der Waals surface area contributed by atoms with Crippen LogP contribution in [0.4, 0.5) is 0 Å². The van der Waals surface area contributed by atoms with Gasteiger partial charge >= 0.3 is 0 Å². The van der Waals surface area contributed by atoms with Crippen molar-refractivity contribution in [2.45, 2.75) is 38.5 Å². The number of benzene rings is 1. The van der Waals surface area contributed by atoms with Crippen LogP contribution in [0.2, 0.25) is 0 Å². The Labute approximate surface area is 139 Å². The Morgan fingerprint density at radius 2 is 1.36 bits per heavy atom. The highest BCUT2D eigenvalue weighted by atomic mass is 32.1. The van der Waals surface area contributed by atoms with Crippen LogP contribution in [0.15, 0.2) is 35.0 Å². The van der Waals surface area contributed by atoms with Gasteiger partial charge in [-0.25, -0.2) is 0 Å². The van der Waals surface area contributed by atoms with Gasteiger partial charge in [-0.3, -0.25) is 0 Å². The number of hydrogen-bond acceptors (Lipinski definition) is 2. The van der Waals surface area contributed by atoms with Crippen LogP contribution in [-0.2, 0) is 10.8 Å². The zero-order valence-electron chi connectivity index (χ0n) is 13.3. The first-order chi connectivity index (χ1) is 10.4. The van der Waals surface area contributed by atoms with Crippen LogP contribution >= 0.6 is 22.7 Å². The summed E-state index contributed by atoms with van der Waals surface area (Å²) in [7, 11) is 0. The smallest absolute Gasteiger partial charge is 0.0386 e. The molecule has 2 aliphatic carbocycles. The van der Waals surface area contributed by atoms with Crippen molar-refractivity contribution >= 4 is 22.7 Å². The summed E-state index contributed by atoms with van der Waals surface area (Å²) in [5, 5.41) is 4.48. The molecule has 3 aromatic rings. The van der Waals surface area contributed by atoms with Gasteiger partial charge in [-0.1, -0.05) is 27.7 Å². The molecule has 0 N–H and O–H groups in total. The molecule has 0 atom stereocenters. The van der Waals surface area contributed by atoms with Crippen molar-refractivity contribution in [1.82, 2.24) is 0 Å². The quantitative estimate of drug-likeness (QED) is 0.448. The average Bonchev–Trinajstić information content (AvgIpc) is 3.19. The van der Waals surface area contributed by atoms with Crippen LogP contribution in [0.25, 0.3) is 21.6 Å². The van der Waals surface area contributed by atoms with Crippen molar-refractivity contribution < 1.29 is 0 Å². The third kappa shape index (κ3) is 1.30. The van der Waals surface area contributed by atoms with E-state index in [0.29, 0.717) is 0 Å². The fraction of sp³-hybridized carbons (Fsp3) is 0.300. The first-order valence-corrected chi connectivity index (χ1v) is 9.54. The summed E-state index contributed by atoms with van der Waals surface area (Å²) in [6.07, 6.45) is 0. The molecule has 0 saturated carbocycles. The summed E-state index contributed by atoms with van der Waals surface area (Å²) < 4.78 is 0. The standard InChI is InChI=1S/C20H18S2/c1-19(2)14-6-8-21-17(14)13-10-15-12(9-16(13)19)11-5-7-22-18(11)20(15,3)4/h5-10H,1-4H3. The van der Waals surface area contributed by atoms with Crippen molar-refractivity contribution in [3.63, 3.8) is 0 Å². The van der Waals surface area contributed by atoms with Crippen molar-refractivity contribution in [2.24, 2.45) is 0 Å². The molecule has 0 nitrogen and oxygen atoms in total. The normalized spacial score (nSPS) is 18.7. The number of hydrogen-bond donors (Lipinski definition) is 0. The first kappa shape index (κ1) is 13.1.